The van der Waals surface area contributed by atoms with Crippen LogP contribution in [0.5, 0.6) is 0 Å². The van der Waals surface area contributed by atoms with Gasteiger partial charge >= 0.3 is 0 Å². The van der Waals surface area contributed by atoms with Gasteiger partial charge in [0, 0.05) is 24.0 Å². The van der Waals surface area contributed by atoms with Gasteiger partial charge in [-0.1, -0.05) is 18.7 Å². The average Bonchev–Trinajstić information content (AvgIpc) is 2.54. The number of fused-ring (bicyclic) bond motifs is 1. The zero-order valence-electron chi connectivity index (χ0n) is 9.71. The Balaban J connectivity index is 2.64. The second kappa shape index (κ2) is 4.09. The van der Waals surface area contributed by atoms with Crippen LogP contribution in [-0.2, 0) is 19.9 Å². The lowest BCUT2D eigenvalue weighted by Gasteiger charge is -2.13. The first kappa shape index (κ1) is 10.3. The molecule has 0 spiro atoms. The molecule has 0 bridgehead atoms. The van der Waals surface area contributed by atoms with Crippen molar-refractivity contribution in [1.29, 1.82) is 0 Å². The SMILES string of the molecule is C=Cc1c(/C=C\C)c2c(n1C)CCCC2. The maximum atomic E-state index is 3.92. The first-order valence-corrected chi connectivity index (χ1v) is 5.75. The Hall–Kier alpha value is -1.24. The van der Waals surface area contributed by atoms with Crippen molar-refractivity contribution < 1.29 is 0 Å². The molecule has 1 heteroatoms. The number of hydrogen-bond donors (Lipinski definition) is 0. The second-order valence-corrected chi connectivity index (χ2v) is 4.19. The standard InChI is InChI=1S/C14H19N/c1-4-8-11-12-9-6-7-10-14(12)15(3)13(11)5-2/h4-5,8H,2,6-7,9-10H2,1,3H3/b8-4-. The number of rotatable bonds is 2. The first-order valence-electron chi connectivity index (χ1n) is 5.75. The highest BCUT2D eigenvalue weighted by Crippen LogP contribution is 2.30. The average molecular weight is 201 g/mol. The Labute approximate surface area is 92.1 Å². The predicted octanol–water partition coefficient (Wildman–Crippen LogP) is 3.58. The van der Waals surface area contributed by atoms with Crippen molar-refractivity contribution in [3.8, 4) is 0 Å². The number of nitrogens with zero attached hydrogens (tertiary/aromatic N) is 1. The summed E-state index contributed by atoms with van der Waals surface area (Å²) in [5, 5.41) is 0. The molecule has 0 atom stereocenters. The van der Waals surface area contributed by atoms with E-state index in [4.69, 9.17) is 0 Å². The van der Waals surface area contributed by atoms with E-state index < -0.39 is 0 Å². The summed E-state index contributed by atoms with van der Waals surface area (Å²) in [5.41, 5.74) is 5.74. The summed E-state index contributed by atoms with van der Waals surface area (Å²) in [5.74, 6) is 0. The molecule has 15 heavy (non-hydrogen) atoms. The molecule has 2 rings (SSSR count). The minimum Gasteiger partial charge on any atom is -0.347 e. The molecule has 1 aliphatic carbocycles. The smallest absolute Gasteiger partial charge is 0.0476 e. The normalized spacial score (nSPS) is 15.6. The predicted molar refractivity (Wildman–Crippen MR) is 66.9 cm³/mol. The Morgan fingerprint density at radius 2 is 2.00 bits per heavy atom. The van der Waals surface area contributed by atoms with Crippen LogP contribution in [0.4, 0.5) is 0 Å². The van der Waals surface area contributed by atoms with E-state index in [1.165, 1.54) is 42.6 Å². The number of hydrogen-bond acceptors (Lipinski definition) is 0. The van der Waals surface area contributed by atoms with E-state index in [2.05, 4.69) is 37.3 Å². The van der Waals surface area contributed by atoms with Crippen molar-refractivity contribution in [1.82, 2.24) is 4.57 Å². The Morgan fingerprint density at radius 3 is 2.67 bits per heavy atom. The highest BCUT2D eigenvalue weighted by Gasteiger charge is 2.19. The van der Waals surface area contributed by atoms with Crippen LogP contribution in [0, 0.1) is 0 Å². The molecule has 1 aromatic heterocycles. The molecule has 0 saturated heterocycles. The molecule has 0 radical (unpaired) electrons. The van der Waals surface area contributed by atoms with Crippen molar-refractivity contribution in [2.75, 3.05) is 0 Å². The monoisotopic (exact) mass is 201 g/mol. The van der Waals surface area contributed by atoms with E-state index in [0.29, 0.717) is 0 Å². The molecule has 0 unspecified atom stereocenters. The van der Waals surface area contributed by atoms with Gasteiger partial charge in [0.05, 0.1) is 0 Å². The van der Waals surface area contributed by atoms with Gasteiger partial charge in [0.25, 0.3) is 0 Å². The molecule has 1 heterocycles. The van der Waals surface area contributed by atoms with Gasteiger partial charge < -0.3 is 4.57 Å². The minimum absolute atomic E-state index is 1.23. The van der Waals surface area contributed by atoms with Gasteiger partial charge in [-0.3, -0.25) is 0 Å². The lowest BCUT2D eigenvalue weighted by Crippen LogP contribution is -2.05. The largest absolute Gasteiger partial charge is 0.347 e. The third-order valence-corrected chi connectivity index (χ3v) is 3.33. The fourth-order valence-corrected chi connectivity index (χ4v) is 2.63. The number of aromatic nitrogens is 1. The van der Waals surface area contributed by atoms with Crippen LogP contribution in [0.3, 0.4) is 0 Å². The Bertz CT molecular complexity index is 407. The molecule has 0 aromatic carbocycles. The van der Waals surface area contributed by atoms with Crippen LogP contribution >= 0.6 is 0 Å². The van der Waals surface area contributed by atoms with Crippen molar-refractivity contribution >= 4 is 12.2 Å². The van der Waals surface area contributed by atoms with Crippen LogP contribution in [0.25, 0.3) is 12.2 Å². The molecule has 0 aliphatic heterocycles. The van der Waals surface area contributed by atoms with Crippen molar-refractivity contribution in [2.45, 2.75) is 32.6 Å². The van der Waals surface area contributed by atoms with E-state index in [9.17, 15) is 0 Å². The quantitative estimate of drug-likeness (QED) is 0.689. The lowest BCUT2D eigenvalue weighted by atomic mass is 9.94. The summed E-state index contributed by atoms with van der Waals surface area (Å²) in [4.78, 5) is 0. The molecule has 80 valence electrons. The van der Waals surface area contributed by atoms with Gasteiger partial charge in [0.15, 0.2) is 0 Å². The van der Waals surface area contributed by atoms with Gasteiger partial charge in [0.1, 0.15) is 0 Å². The Morgan fingerprint density at radius 1 is 1.27 bits per heavy atom. The summed E-state index contributed by atoms with van der Waals surface area (Å²) in [6.45, 7) is 6.00. The van der Waals surface area contributed by atoms with Crippen molar-refractivity contribution in [3.63, 3.8) is 0 Å². The summed E-state index contributed by atoms with van der Waals surface area (Å²) in [6, 6.07) is 0. The van der Waals surface area contributed by atoms with Gasteiger partial charge in [0.2, 0.25) is 0 Å². The molecule has 0 fully saturated rings. The maximum Gasteiger partial charge on any atom is 0.0476 e. The van der Waals surface area contributed by atoms with E-state index >= 15 is 0 Å². The van der Waals surface area contributed by atoms with Gasteiger partial charge in [-0.25, -0.2) is 0 Å². The highest BCUT2D eigenvalue weighted by atomic mass is 15.0. The minimum atomic E-state index is 1.23. The molecular weight excluding hydrogens is 182 g/mol. The fourth-order valence-electron chi connectivity index (χ4n) is 2.63. The van der Waals surface area contributed by atoms with E-state index in [-0.39, 0.29) is 0 Å². The van der Waals surface area contributed by atoms with Crippen molar-refractivity contribution in [3.05, 3.63) is 35.2 Å². The molecule has 0 saturated carbocycles. The summed E-state index contributed by atoms with van der Waals surface area (Å²) < 4.78 is 2.32. The lowest BCUT2D eigenvalue weighted by molar-refractivity contribution is 0.647. The summed E-state index contributed by atoms with van der Waals surface area (Å²) >= 11 is 0. The molecule has 1 nitrogen and oxygen atoms in total. The van der Waals surface area contributed by atoms with Gasteiger partial charge in [-0.2, -0.15) is 0 Å². The van der Waals surface area contributed by atoms with E-state index in [1.54, 1.807) is 5.56 Å². The topological polar surface area (TPSA) is 4.93 Å². The molecule has 1 aromatic rings. The van der Waals surface area contributed by atoms with Crippen LogP contribution in [0.15, 0.2) is 12.7 Å². The zero-order valence-corrected chi connectivity index (χ0v) is 9.71. The maximum absolute atomic E-state index is 3.92. The van der Waals surface area contributed by atoms with Gasteiger partial charge in [-0.15, -0.1) is 0 Å². The third kappa shape index (κ3) is 1.56. The fraction of sp³-hybridized carbons (Fsp3) is 0.429. The second-order valence-electron chi connectivity index (χ2n) is 4.19. The summed E-state index contributed by atoms with van der Waals surface area (Å²) in [6.07, 6.45) is 11.4. The van der Waals surface area contributed by atoms with E-state index in [1.807, 2.05) is 6.08 Å². The molecular formula is C14H19N. The van der Waals surface area contributed by atoms with Crippen LogP contribution in [-0.4, -0.2) is 4.57 Å². The zero-order chi connectivity index (χ0) is 10.8. The van der Waals surface area contributed by atoms with Gasteiger partial charge in [-0.05, 0) is 44.2 Å². The van der Waals surface area contributed by atoms with Crippen molar-refractivity contribution in [2.24, 2.45) is 7.05 Å². The van der Waals surface area contributed by atoms with Crippen LogP contribution in [0.1, 0.15) is 42.3 Å². The highest BCUT2D eigenvalue weighted by molar-refractivity contribution is 5.67. The molecule has 1 aliphatic rings. The van der Waals surface area contributed by atoms with Crippen LogP contribution < -0.4 is 0 Å². The third-order valence-electron chi connectivity index (χ3n) is 3.33. The first-order chi connectivity index (χ1) is 7.29. The molecule has 0 amide bonds. The van der Waals surface area contributed by atoms with E-state index in [0.717, 1.165) is 0 Å². The number of allylic oxidation sites excluding steroid dienone is 1. The Kier molecular flexibility index (Phi) is 2.81. The van der Waals surface area contributed by atoms with Crippen LogP contribution in [0.2, 0.25) is 0 Å². The summed E-state index contributed by atoms with van der Waals surface area (Å²) in [7, 11) is 2.16. The molecule has 0 N–H and O–H groups in total.